The molecule has 3 aromatic rings. The molecule has 13 heteroatoms. The average molecular weight is 509 g/mol. The van der Waals surface area contributed by atoms with Gasteiger partial charge >= 0.3 is 0 Å². The van der Waals surface area contributed by atoms with Gasteiger partial charge in [-0.05, 0) is 19.1 Å². The highest BCUT2D eigenvalue weighted by Crippen LogP contribution is 2.38. The third-order valence-electron chi connectivity index (χ3n) is 5.79. The molecule has 0 saturated carbocycles. The summed E-state index contributed by atoms with van der Waals surface area (Å²) in [6.07, 6.45) is 2.87. The van der Waals surface area contributed by atoms with Crippen molar-refractivity contribution < 1.29 is 22.6 Å². The summed E-state index contributed by atoms with van der Waals surface area (Å²) in [4.78, 5) is 8.32. The second kappa shape index (κ2) is 9.72. The Balaban J connectivity index is 1.74. The van der Waals surface area contributed by atoms with E-state index >= 15 is 0 Å². The molecule has 2 atom stereocenters. The molecule has 3 heterocycles. The van der Waals surface area contributed by atoms with Gasteiger partial charge in [0.2, 0.25) is 16.0 Å². The maximum atomic E-state index is 13.4. The van der Waals surface area contributed by atoms with E-state index in [4.69, 9.17) is 25.8 Å². The summed E-state index contributed by atoms with van der Waals surface area (Å²) >= 11 is 5.86. The van der Waals surface area contributed by atoms with Gasteiger partial charge in [-0.3, -0.25) is 9.29 Å². The zero-order chi connectivity index (χ0) is 24.5. The number of halogens is 1. The number of ether oxygens (including phenoxy) is 3. The molecule has 1 N–H and O–H groups in total. The molecular formula is C21H25ClN6O5S. The number of hydrogen-bond acceptors (Lipinski definition) is 9. The van der Waals surface area contributed by atoms with Crippen LogP contribution in [0.1, 0.15) is 37.3 Å². The highest BCUT2D eigenvalue weighted by atomic mass is 35.5. The van der Waals surface area contributed by atoms with Gasteiger partial charge in [-0.15, -0.1) is 10.2 Å². The number of aromatic nitrogens is 5. The van der Waals surface area contributed by atoms with Crippen molar-refractivity contribution in [2.45, 2.75) is 30.9 Å². The van der Waals surface area contributed by atoms with Crippen LogP contribution in [-0.4, -0.2) is 65.8 Å². The molecule has 0 aliphatic carbocycles. The minimum atomic E-state index is -3.94. The minimum absolute atomic E-state index is 0.0146. The number of anilines is 1. The first-order valence-electron chi connectivity index (χ1n) is 10.5. The largest absolute Gasteiger partial charge is 0.494 e. The lowest BCUT2D eigenvalue weighted by Crippen LogP contribution is -2.32. The van der Waals surface area contributed by atoms with E-state index in [2.05, 4.69) is 24.9 Å². The Morgan fingerprint density at radius 1 is 1.12 bits per heavy atom. The van der Waals surface area contributed by atoms with Gasteiger partial charge in [0.15, 0.2) is 0 Å². The van der Waals surface area contributed by atoms with E-state index in [1.54, 1.807) is 36.6 Å². The van der Waals surface area contributed by atoms with E-state index < -0.39 is 21.2 Å². The zero-order valence-corrected chi connectivity index (χ0v) is 20.7. The molecule has 0 amide bonds. The Kier molecular flexibility index (Phi) is 6.91. The van der Waals surface area contributed by atoms with Crippen molar-refractivity contribution in [2.24, 2.45) is 0 Å². The standard InChI is InChI=1S/C21H25ClN6O5S/c1-12(19-23-8-15(22)9-24-19)13(2)34(29,30)27-21-26-25-20(14-10-33-11-14)28(21)18-16(31-3)6-5-7-17(18)32-4/h5-9,12-14H,10-11H2,1-4H3,(H,26,27)/t12-,13-/m0/s1. The fourth-order valence-corrected chi connectivity index (χ4v) is 4.87. The predicted octanol–water partition coefficient (Wildman–Crippen LogP) is 2.78. The Hall–Kier alpha value is -2.96. The highest BCUT2D eigenvalue weighted by Gasteiger charge is 2.34. The number of benzene rings is 1. The lowest BCUT2D eigenvalue weighted by atomic mass is 10.1. The van der Waals surface area contributed by atoms with Gasteiger partial charge in [-0.1, -0.05) is 24.6 Å². The maximum absolute atomic E-state index is 13.4. The van der Waals surface area contributed by atoms with E-state index in [1.807, 2.05) is 0 Å². The van der Waals surface area contributed by atoms with Crippen LogP contribution in [0, 0.1) is 0 Å². The summed E-state index contributed by atoms with van der Waals surface area (Å²) in [5.74, 6) is 1.27. The third kappa shape index (κ3) is 4.52. The van der Waals surface area contributed by atoms with Crippen LogP contribution < -0.4 is 14.2 Å². The molecule has 4 rings (SSSR count). The number of methoxy groups -OCH3 is 2. The number of hydrogen-bond donors (Lipinski definition) is 1. The number of nitrogens with zero attached hydrogens (tertiary/aromatic N) is 5. The van der Waals surface area contributed by atoms with Crippen LogP contribution in [0.25, 0.3) is 5.69 Å². The van der Waals surface area contributed by atoms with Gasteiger partial charge in [-0.2, -0.15) is 0 Å². The van der Waals surface area contributed by atoms with Crippen LogP contribution in [0.4, 0.5) is 5.95 Å². The van der Waals surface area contributed by atoms with Crippen molar-refractivity contribution in [3.05, 3.63) is 47.3 Å². The van der Waals surface area contributed by atoms with Crippen molar-refractivity contribution in [3.8, 4) is 17.2 Å². The Labute approximate surface area is 202 Å². The van der Waals surface area contributed by atoms with Gasteiger partial charge in [0.25, 0.3) is 0 Å². The summed E-state index contributed by atoms with van der Waals surface area (Å²) in [5.41, 5.74) is 0.485. The number of sulfonamides is 1. The van der Waals surface area contributed by atoms with Crippen molar-refractivity contribution in [3.63, 3.8) is 0 Å². The van der Waals surface area contributed by atoms with Gasteiger partial charge in [0, 0.05) is 18.3 Å². The molecule has 1 aromatic carbocycles. The van der Waals surface area contributed by atoms with Crippen molar-refractivity contribution in [2.75, 3.05) is 32.2 Å². The van der Waals surface area contributed by atoms with Crippen LogP contribution in [0.15, 0.2) is 30.6 Å². The van der Waals surface area contributed by atoms with Gasteiger partial charge in [0.05, 0.1) is 43.6 Å². The Bertz CT molecular complexity index is 1240. The second-order valence-corrected chi connectivity index (χ2v) is 10.3. The van der Waals surface area contributed by atoms with Gasteiger partial charge in [-0.25, -0.2) is 18.4 Å². The fraction of sp³-hybridized carbons (Fsp3) is 0.429. The Morgan fingerprint density at radius 3 is 2.26 bits per heavy atom. The zero-order valence-electron chi connectivity index (χ0n) is 19.1. The molecule has 1 aliphatic heterocycles. The molecule has 1 aliphatic rings. The molecule has 0 unspecified atom stereocenters. The molecule has 182 valence electrons. The van der Waals surface area contributed by atoms with E-state index in [-0.39, 0.29) is 11.9 Å². The lowest BCUT2D eigenvalue weighted by Gasteiger charge is -2.27. The van der Waals surface area contributed by atoms with Crippen LogP contribution in [0.5, 0.6) is 11.5 Å². The third-order valence-corrected chi connectivity index (χ3v) is 7.84. The first-order chi connectivity index (χ1) is 16.3. The first kappa shape index (κ1) is 24.2. The van der Waals surface area contributed by atoms with Crippen LogP contribution in [0.2, 0.25) is 5.02 Å². The van der Waals surface area contributed by atoms with E-state index in [9.17, 15) is 8.42 Å². The summed E-state index contributed by atoms with van der Waals surface area (Å²) in [6.45, 7) is 4.21. The van der Waals surface area contributed by atoms with Crippen LogP contribution >= 0.6 is 11.6 Å². The fourth-order valence-electron chi connectivity index (χ4n) is 3.54. The highest BCUT2D eigenvalue weighted by molar-refractivity contribution is 7.93. The number of rotatable bonds is 9. The molecule has 1 saturated heterocycles. The second-order valence-electron chi connectivity index (χ2n) is 7.86. The monoisotopic (exact) mass is 508 g/mol. The molecule has 0 bridgehead atoms. The van der Waals surface area contributed by atoms with Gasteiger partial charge in [0.1, 0.15) is 28.8 Å². The van der Waals surface area contributed by atoms with Crippen LogP contribution in [-0.2, 0) is 14.8 Å². The van der Waals surface area contributed by atoms with Gasteiger partial charge < -0.3 is 14.2 Å². The van der Waals surface area contributed by atoms with Crippen LogP contribution in [0.3, 0.4) is 0 Å². The summed E-state index contributed by atoms with van der Waals surface area (Å²) in [7, 11) is -0.896. The number of nitrogens with one attached hydrogen (secondary N) is 1. The molecular weight excluding hydrogens is 484 g/mol. The Morgan fingerprint density at radius 2 is 1.74 bits per heavy atom. The average Bonchev–Trinajstić information content (AvgIpc) is 3.18. The molecule has 2 aromatic heterocycles. The topological polar surface area (TPSA) is 130 Å². The number of para-hydroxylation sites is 1. The maximum Gasteiger partial charge on any atom is 0.243 e. The molecule has 0 radical (unpaired) electrons. The van der Waals surface area contributed by atoms with E-state index in [0.29, 0.717) is 47.1 Å². The molecule has 0 spiro atoms. The predicted molar refractivity (Wildman–Crippen MR) is 125 cm³/mol. The smallest absolute Gasteiger partial charge is 0.243 e. The minimum Gasteiger partial charge on any atom is -0.494 e. The van der Waals surface area contributed by atoms with E-state index in [0.717, 1.165) is 0 Å². The SMILES string of the molecule is COc1cccc(OC)c1-n1c(NS(=O)(=O)[C@@H](C)[C@H](C)c2ncc(Cl)cn2)nnc1C1COC1. The molecule has 11 nitrogen and oxygen atoms in total. The quantitative estimate of drug-likeness (QED) is 0.463. The summed E-state index contributed by atoms with van der Waals surface area (Å²) in [5, 5.41) is 7.92. The van der Waals surface area contributed by atoms with Crippen molar-refractivity contribution in [1.29, 1.82) is 0 Å². The molecule has 34 heavy (non-hydrogen) atoms. The first-order valence-corrected chi connectivity index (χ1v) is 12.4. The van der Waals surface area contributed by atoms with Crippen molar-refractivity contribution in [1.82, 2.24) is 24.7 Å². The summed E-state index contributed by atoms with van der Waals surface area (Å²) in [6, 6.07) is 5.27. The summed E-state index contributed by atoms with van der Waals surface area (Å²) < 4.78 is 47.4. The lowest BCUT2D eigenvalue weighted by molar-refractivity contribution is 0.00415. The molecule has 1 fully saturated rings. The van der Waals surface area contributed by atoms with Crippen molar-refractivity contribution >= 4 is 27.6 Å². The normalized spacial score (nSPS) is 15.9. The van der Waals surface area contributed by atoms with E-state index in [1.165, 1.54) is 26.6 Å².